The van der Waals surface area contributed by atoms with Crippen molar-refractivity contribution in [2.75, 3.05) is 0 Å². The van der Waals surface area contributed by atoms with Crippen LogP contribution >= 0.6 is 0 Å². The van der Waals surface area contributed by atoms with E-state index in [0.29, 0.717) is 22.8 Å². The zero-order chi connectivity index (χ0) is 17.8. The minimum Gasteiger partial charge on any atom is -0.353 e. The van der Waals surface area contributed by atoms with Gasteiger partial charge >= 0.3 is 0 Å². The maximum atomic E-state index is 11.9. The smallest absolute Gasteiger partial charge is 0.220 e. The van der Waals surface area contributed by atoms with Gasteiger partial charge in [-0.1, -0.05) is 40.5 Å². The summed E-state index contributed by atoms with van der Waals surface area (Å²) in [7, 11) is 0. The van der Waals surface area contributed by atoms with E-state index in [2.05, 4.69) is 33.0 Å². The first-order valence-electron chi connectivity index (χ1n) is 11.2. The molecule has 0 aromatic carbocycles. The average Bonchev–Trinajstić information content (AvgIpc) is 2.93. The van der Waals surface area contributed by atoms with E-state index in [4.69, 9.17) is 0 Å². The number of hydrogen-bond acceptors (Lipinski definition) is 1. The van der Waals surface area contributed by atoms with Gasteiger partial charge in [0.2, 0.25) is 5.91 Å². The Morgan fingerprint density at radius 2 is 1.80 bits per heavy atom. The summed E-state index contributed by atoms with van der Waals surface area (Å²) in [4.78, 5) is 11.9. The Balaban J connectivity index is 1.57. The highest BCUT2D eigenvalue weighted by Crippen LogP contribution is 2.66. The summed E-state index contributed by atoms with van der Waals surface area (Å²) in [6.45, 7) is 10.1. The minimum absolute atomic E-state index is 0.302. The first-order chi connectivity index (χ1) is 11.9. The molecule has 0 bridgehead atoms. The summed E-state index contributed by atoms with van der Waals surface area (Å²) in [5.41, 5.74) is 0.960. The molecule has 0 unspecified atom stereocenters. The summed E-state index contributed by atoms with van der Waals surface area (Å²) >= 11 is 0. The third-order valence-corrected chi connectivity index (χ3v) is 9.60. The molecule has 4 rings (SSSR count). The molecule has 25 heavy (non-hydrogen) atoms. The molecule has 1 aliphatic heterocycles. The van der Waals surface area contributed by atoms with Gasteiger partial charge in [-0.25, -0.2) is 0 Å². The molecule has 8 atom stereocenters. The van der Waals surface area contributed by atoms with Crippen LogP contribution < -0.4 is 5.32 Å². The molecule has 4 aliphatic rings. The number of amides is 1. The Hall–Kier alpha value is -0.530. The van der Waals surface area contributed by atoms with Crippen LogP contribution in [0.5, 0.6) is 0 Å². The molecule has 1 saturated heterocycles. The van der Waals surface area contributed by atoms with E-state index in [1.807, 2.05) is 0 Å². The van der Waals surface area contributed by atoms with Crippen LogP contribution in [0, 0.1) is 40.4 Å². The number of piperidine rings is 1. The Labute approximate surface area is 154 Å². The van der Waals surface area contributed by atoms with Crippen molar-refractivity contribution in [3.05, 3.63) is 0 Å². The summed E-state index contributed by atoms with van der Waals surface area (Å²) in [5, 5.41) is 3.37. The quantitative estimate of drug-likeness (QED) is 0.713. The highest BCUT2D eigenvalue weighted by Gasteiger charge is 2.60. The van der Waals surface area contributed by atoms with Crippen molar-refractivity contribution < 1.29 is 4.79 Å². The highest BCUT2D eigenvalue weighted by molar-refractivity contribution is 5.77. The predicted molar refractivity (Wildman–Crippen MR) is 103 cm³/mol. The van der Waals surface area contributed by atoms with E-state index >= 15 is 0 Å². The monoisotopic (exact) mass is 345 g/mol. The van der Waals surface area contributed by atoms with Gasteiger partial charge in [0.1, 0.15) is 0 Å². The SMILES string of the molecule is CCC[C@@H](C)[C@H]1CC[C@H]2[C@@H]3CC[C@H]4NC(=O)CC[C@]4(C)[C@H]3CC[C@]12C. The van der Waals surface area contributed by atoms with Crippen LogP contribution in [0.2, 0.25) is 0 Å². The van der Waals surface area contributed by atoms with Crippen LogP contribution in [0.4, 0.5) is 0 Å². The van der Waals surface area contributed by atoms with Crippen molar-refractivity contribution in [1.82, 2.24) is 5.32 Å². The molecule has 142 valence electrons. The van der Waals surface area contributed by atoms with Crippen molar-refractivity contribution in [3.8, 4) is 0 Å². The van der Waals surface area contributed by atoms with E-state index in [0.717, 1.165) is 42.4 Å². The zero-order valence-electron chi connectivity index (χ0n) is 16.9. The van der Waals surface area contributed by atoms with Crippen LogP contribution in [0.15, 0.2) is 0 Å². The number of fused-ring (bicyclic) bond motifs is 5. The molecule has 2 nitrogen and oxygen atoms in total. The summed E-state index contributed by atoms with van der Waals surface area (Å²) < 4.78 is 0. The number of carbonyl (C=O) groups excluding carboxylic acids is 1. The van der Waals surface area contributed by atoms with Crippen molar-refractivity contribution >= 4 is 5.91 Å². The van der Waals surface area contributed by atoms with Gasteiger partial charge in [-0.2, -0.15) is 0 Å². The molecule has 4 fully saturated rings. The maximum Gasteiger partial charge on any atom is 0.220 e. The summed E-state index contributed by atoms with van der Waals surface area (Å²) in [6, 6.07) is 0.454. The summed E-state index contributed by atoms with van der Waals surface area (Å²) in [5.74, 6) is 4.88. The fraction of sp³-hybridized carbons (Fsp3) is 0.957. The van der Waals surface area contributed by atoms with E-state index in [9.17, 15) is 4.79 Å². The molecule has 0 radical (unpaired) electrons. The van der Waals surface area contributed by atoms with Gasteiger partial charge < -0.3 is 5.32 Å². The lowest BCUT2D eigenvalue weighted by Gasteiger charge is -2.60. The third kappa shape index (κ3) is 2.60. The standard InChI is InChI=1S/C23H39NO/c1-5-6-15(2)17-8-9-18-16-7-10-20-23(4,14-12-21(25)24-20)19(16)11-13-22(17,18)3/h15-20H,5-14H2,1-4H3,(H,24,25)/t15-,16+,17-,18+,19+,20-,22-,23-/m1/s1. The van der Waals surface area contributed by atoms with Gasteiger partial charge in [-0.15, -0.1) is 0 Å². The molecular weight excluding hydrogens is 306 g/mol. The molecule has 0 spiro atoms. The van der Waals surface area contributed by atoms with E-state index in [1.165, 1.54) is 51.4 Å². The molecular formula is C23H39NO. The molecule has 0 aromatic rings. The fourth-order valence-corrected chi connectivity index (χ4v) is 8.33. The number of carbonyl (C=O) groups is 1. The van der Waals surface area contributed by atoms with Gasteiger partial charge in [0.15, 0.2) is 0 Å². The molecule has 3 aliphatic carbocycles. The van der Waals surface area contributed by atoms with Gasteiger partial charge in [-0.05, 0) is 85.4 Å². The van der Waals surface area contributed by atoms with Crippen molar-refractivity contribution in [2.45, 2.75) is 97.9 Å². The lowest BCUT2D eigenvalue weighted by molar-refractivity contribution is -0.137. The Kier molecular flexibility index (Phi) is 4.48. The van der Waals surface area contributed by atoms with E-state index < -0.39 is 0 Å². The number of rotatable bonds is 3. The zero-order valence-corrected chi connectivity index (χ0v) is 16.9. The second-order valence-corrected chi connectivity index (χ2v) is 10.6. The van der Waals surface area contributed by atoms with Crippen LogP contribution in [-0.2, 0) is 4.79 Å². The predicted octanol–water partition coefficient (Wildman–Crippen LogP) is 5.56. The van der Waals surface area contributed by atoms with E-state index in [1.54, 1.807) is 0 Å². The van der Waals surface area contributed by atoms with E-state index in [-0.39, 0.29) is 0 Å². The van der Waals surface area contributed by atoms with Crippen LogP contribution in [0.1, 0.15) is 91.9 Å². The minimum atomic E-state index is 0.302. The van der Waals surface area contributed by atoms with Gasteiger partial charge in [0.25, 0.3) is 0 Å². The molecule has 1 N–H and O–H groups in total. The molecule has 3 saturated carbocycles. The average molecular weight is 346 g/mol. The third-order valence-electron chi connectivity index (χ3n) is 9.60. The normalized spacial score (nSPS) is 50.4. The second kappa shape index (κ2) is 6.27. The molecule has 1 amide bonds. The maximum absolute atomic E-state index is 11.9. The molecule has 2 heteroatoms. The summed E-state index contributed by atoms with van der Waals surface area (Å²) in [6.07, 6.45) is 13.0. The first kappa shape index (κ1) is 17.9. The van der Waals surface area contributed by atoms with Crippen LogP contribution in [0.3, 0.4) is 0 Å². The largest absolute Gasteiger partial charge is 0.353 e. The first-order valence-corrected chi connectivity index (χ1v) is 11.2. The van der Waals surface area contributed by atoms with Crippen molar-refractivity contribution in [2.24, 2.45) is 40.4 Å². The van der Waals surface area contributed by atoms with Gasteiger partial charge in [0.05, 0.1) is 0 Å². The number of nitrogens with one attached hydrogen (secondary N) is 1. The highest BCUT2D eigenvalue weighted by atomic mass is 16.1. The van der Waals surface area contributed by atoms with Gasteiger partial charge in [-0.3, -0.25) is 4.79 Å². The lowest BCUT2D eigenvalue weighted by Crippen LogP contribution is -2.61. The van der Waals surface area contributed by atoms with Crippen molar-refractivity contribution in [1.29, 1.82) is 0 Å². The second-order valence-electron chi connectivity index (χ2n) is 10.6. The Morgan fingerprint density at radius 3 is 2.56 bits per heavy atom. The molecule has 0 aromatic heterocycles. The Morgan fingerprint density at radius 1 is 1.04 bits per heavy atom. The van der Waals surface area contributed by atoms with Crippen LogP contribution in [0.25, 0.3) is 0 Å². The van der Waals surface area contributed by atoms with Gasteiger partial charge in [0, 0.05) is 12.5 Å². The lowest BCUT2D eigenvalue weighted by atomic mass is 9.46. The fourth-order valence-electron chi connectivity index (χ4n) is 8.33. The topological polar surface area (TPSA) is 29.1 Å². The number of hydrogen-bond donors (Lipinski definition) is 1. The molecule has 1 heterocycles. The van der Waals surface area contributed by atoms with Crippen molar-refractivity contribution in [3.63, 3.8) is 0 Å². The Bertz CT molecular complexity index is 530. The van der Waals surface area contributed by atoms with Crippen LogP contribution in [-0.4, -0.2) is 11.9 Å².